The predicted molar refractivity (Wildman–Crippen MR) is 109 cm³/mol. The first-order valence-corrected chi connectivity index (χ1v) is 12.0. The van der Waals surface area contributed by atoms with Crippen LogP contribution in [0.25, 0.3) is 0 Å². The number of aromatic nitrogens is 2. The second-order valence-electron chi connectivity index (χ2n) is 7.61. The van der Waals surface area contributed by atoms with Crippen LogP contribution in [0.3, 0.4) is 0 Å². The molecule has 0 aromatic carbocycles. The summed E-state index contributed by atoms with van der Waals surface area (Å²) in [5.41, 5.74) is -1.09. The van der Waals surface area contributed by atoms with Crippen LogP contribution in [0.1, 0.15) is 46.3 Å². The van der Waals surface area contributed by atoms with Crippen LogP contribution in [-0.2, 0) is 23.3 Å². The fourth-order valence-electron chi connectivity index (χ4n) is 3.49. The third-order valence-corrected chi connectivity index (χ3v) is 7.44. The number of nitrogens with zero attached hydrogens (tertiary/aromatic N) is 1. The first-order valence-electron chi connectivity index (χ1n) is 10.2. The van der Waals surface area contributed by atoms with Gasteiger partial charge in [0.05, 0.1) is 0 Å². The summed E-state index contributed by atoms with van der Waals surface area (Å²) in [5.74, 6) is -0.189. The molecule has 11 nitrogen and oxygen atoms in total. The fourth-order valence-corrected chi connectivity index (χ4v) is 5.42. The Labute approximate surface area is 174 Å². The number of fused-ring (bicyclic) bond motifs is 1. The van der Waals surface area contributed by atoms with E-state index in [0.717, 1.165) is 12.8 Å². The van der Waals surface area contributed by atoms with Crippen molar-refractivity contribution < 1.29 is 28.2 Å². The molecule has 0 spiro atoms. The van der Waals surface area contributed by atoms with Crippen LogP contribution in [0.2, 0.25) is 0 Å². The van der Waals surface area contributed by atoms with Crippen molar-refractivity contribution in [1.82, 2.24) is 14.6 Å². The number of ether oxygens (including phenoxy) is 2. The van der Waals surface area contributed by atoms with Crippen LogP contribution >= 0.6 is 8.09 Å². The standard InChI is InChI=1S/C18H30N3O8P/c1-4-12(5-2)9-26-17(23)11(3)20-30(25)27-10-14-13(29-30)8-16(28-14)21-7-6-15(22)19-18(21)24/h6-7,11-14,16,20,25,30H,4-5,8-10H2,1-3H3,(H,19,22,24)/t11-,13-,14+,16+/m0/s1. The third kappa shape index (κ3) is 5.35. The SMILES string of the molecule is CCC(CC)COC(=O)[C@H](C)N[PH]1(O)OC[C@H]2O[C@@H](n3ccc(=O)[nH]c3=O)C[C@@H]2O1. The maximum absolute atomic E-state index is 12.2. The van der Waals surface area contributed by atoms with Gasteiger partial charge in [-0.2, -0.15) is 0 Å². The third-order valence-electron chi connectivity index (χ3n) is 5.46. The molecule has 2 aliphatic heterocycles. The molecular formula is C18H30N3O8P. The molecular weight excluding hydrogens is 417 g/mol. The van der Waals surface area contributed by atoms with E-state index >= 15 is 0 Å². The van der Waals surface area contributed by atoms with E-state index in [-0.39, 0.29) is 13.0 Å². The van der Waals surface area contributed by atoms with Gasteiger partial charge >= 0.3 is 174 Å². The molecule has 0 bridgehead atoms. The number of H-pyrrole nitrogens is 1. The minimum absolute atomic E-state index is 0.0461. The van der Waals surface area contributed by atoms with Gasteiger partial charge in [-0.1, -0.05) is 0 Å². The maximum atomic E-state index is 12.2. The van der Waals surface area contributed by atoms with Crippen molar-refractivity contribution >= 4 is 14.1 Å². The summed E-state index contributed by atoms with van der Waals surface area (Å²) < 4.78 is 23.6. The molecule has 0 unspecified atom stereocenters. The molecule has 2 aliphatic rings. The Morgan fingerprint density at radius 3 is 2.80 bits per heavy atom. The summed E-state index contributed by atoms with van der Waals surface area (Å²) in [6, 6.07) is 0.415. The van der Waals surface area contributed by atoms with Gasteiger partial charge < -0.3 is 0 Å². The zero-order valence-electron chi connectivity index (χ0n) is 17.3. The Hall–Kier alpha value is -1.62. The minimum atomic E-state index is -3.85. The second-order valence-corrected chi connectivity index (χ2v) is 9.59. The van der Waals surface area contributed by atoms with Crippen molar-refractivity contribution in [2.75, 3.05) is 13.2 Å². The van der Waals surface area contributed by atoms with Gasteiger partial charge in [-0.15, -0.1) is 0 Å². The number of esters is 1. The van der Waals surface area contributed by atoms with E-state index in [1.807, 2.05) is 13.8 Å². The van der Waals surface area contributed by atoms with Crippen LogP contribution in [0, 0.1) is 5.92 Å². The summed E-state index contributed by atoms with van der Waals surface area (Å²) in [7, 11) is -3.85. The molecule has 170 valence electrons. The van der Waals surface area contributed by atoms with Crippen molar-refractivity contribution in [2.45, 2.75) is 64.5 Å². The normalized spacial score (nSPS) is 27.4. The average molecular weight is 447 g/mol. The van der Waals surface area contributed by atoms with Gasteiger partial charge in [0.25, 0.3) is 0 Å². The number of nitrogens with one attached hydrogen (secondary N) is 2. The van der Waals surface area contributed by atoms with E-state index in [0.29, 0.717) is 12.5 Å². The van der Waals surface area contributed by atoms with Crippen LogP contribution in [0.5, 0.6) is 0 Å². The van der Waals surface area contributed by atoms with Crippen molar-refractivity contribution in [2.24, 2.45) is 5.92 Å². The van der Waals surface area contributed by atoms with Gasteiger partial charge in [0, 0.05) is 0 Å². The monoisotopic (exact) mass is 447 g/mol. The van der Waals surface area contributed by atoms with E-state index in [2.05, 4.69) is 10.1 Å². The Morgan fingerprint density at radius 2 is 2.13 bits per heavy atom. The van der Waals surface area contributed by atoms with Crippen molar-refractivity contribution in [3.63, 3.8) is 0 Å². The second kappa shape index (κ2) is 9.67. The zero-order chi connectivity index (χ0) is 21.9. The summed E-state index contributed by atoms with van der Waals surface area (Å²) in [6.45, 7) is 6.03. The Morgan fingerprint density at radius 1 is 1.40 bits per heavy atom. The summed E-state index contributed by atoms with van der Waals surface area (Å²) in [5, 5.41) is 2.74. The average Bonchev–Trinajstić information content (AvgIpc) is 3.10. The van der Waals surface area contributed by atoms with Gasteiger partial charge in [0.2, 0.25) is 0 Å². The molecule has 2 fully saturated rings. The van der Waals surface area contributed by atoms with Crippen molar-refractivity contribution in [3.8, 4) is 0 Å². The number of aromatic amines is 1. The number of hydrogen-bond acceptors (Lipinski definition) is 9. The van der Waals surface area contributed by atoms with Gasteiger partial charge in [0.1, 0.15) is 0 Å². The Kier molecular flexibility index (Phi) is 7.43. The summed E-state index contributed by atoms with van der Waals surface area (Å²) in [4.78, 5) is 48.4. The molecule has 2 saturated heterocycles. The van der Waals surface area contributed by atoms with E-state index in [4.69, 9.17) is 18.5 Å². The van der Waals surface area contributed by atoms with Crippen LogP contribution in [0.15, 0.2) is 21.9 Å². The molecule has 0 aliphatic carbocycles. The first-order chi connectivity index (χ1) is 14.2. The molecule has 4 atom stereocenters. The zero-order valence-corrected chi connectivity index (χ0v) is 18.3. The number of rotatable bonds is 8. The molecule has 3 heterocycles. The molecule has 3 N–H and O–H groups in total. The molecule has 30 heavy (non-hydrogen) atoms. The van der Waals surface area contributed by atoms with E-state index < -0.39 is 49.8 Å². The van der Waals surface area contributed by atoms with Gasteiger partial charge in [-0.05, 0) is 0 Å². The predicted octanol–water partition coefficient (Wildman–Crippen LogP) is 0.599. The van der Waals surface area contributed by atoms with Gasteiger partial charge in [-0.3, -0.25) is 0 Å². The molecule has 0 saturated carbocycles. The first kappa shape index (κ1) is 23.1. The van der Waals surface area contributed by atoms with E-state index in [9.17, 15) is 19.3 Å². The fraction of sp³-hybridized carbons (Fsp3) is 0.722. The van der Waals surface area contributed by atoms with Crippen molar-refractivity contribution in [1.29, 1.82) is 0 Å². The van der Waals surface area contributed by atoms with Gasteiger partial charge in [-0.25, -0.2) is 0 Å². The quantitative estimate of drug-likeness (QED) is 0.386. The van der Waals surface area contributed by atoms with Crippen LogP contribution < -0.4 is 16.3 Å². The van der Waals surface area contributed by atoms with E-state index in [1.54, 1.807) is 6.92 Å². The van der Waals surface area contributed by atoms with E-state index in [1.165, 1.54) is 16.8 Å². The number of hydrogen-bond donors (Lipinski definition) is 3. The van der Waals surface area contributed by atoms with Gasteiger partial charge in [0.15, 0.2) is 0 Å². The molecule has 1 aromatic rings. The molecule has 1 aromatic heterocycles. The molecule has 3 rings (SSSR count). The number of carbonyl (C=O) groups is 1. The van der Waals surface area contributed by atoms with Crippen molar-refractivity contribution in [3.05, 3.63) is 33.1 Å². The van der Waals surface area contributed by atoms with Crippen LogP contribution in [0.4, 0.5) is 0 Å². The number of carbonyl (C=O) groups excluding carboxylic acids is 1. The Bertz CT molecular complexity index is 856. The summed E-state index contributed by atoms with van der Waals surface area (Å²) >= 11 is 0. The Balaban J connectivity index is 1.57. The summed E-state index contributed by atoms with van der Waals surface area (Å²) in [6.07, 6.45) is 1.79. The molecule has 0 amide bonds. The topological polar surface area (TPSA) is 141 Å². The molecule has 12 heteroatoms. The van der Waals surface area contributed by atoms with Crippen LogP contribution in [-0.4, -0.2) is 51.9 Å². The molecule has 0 radical (unpaired) electrons.